The van der Waals surface area contributed by atoms with Crippen LogP contribution in [0.1, 0.15) is 30.7 Å². The van der Waals surface area contributed by atoms with E-state index in [1.165, 1.54) is 24.5 Å². The molecule has 0 aliphatic carbocycles. The van der Waals surface area contributed by atoms with Crippen LogP contribution >= 0.6 is 15.9 Å². The number of aromatic nitrogens is 1. The fourth-order valence-corrected chi connectivity index (χ4v) is 3.47. The van der Waals surface area contributed by atoms with Crippen LogP contribution in [0, 0.1) is 18.6 Å². The van der Waals surface area contributed by atoms with E-state index >= 15 is 0 Å². The lowest BCUT2D eigenvalue weighted by atomic mass is 10.1. The molecule has 33 heavy (non-hydrogen) atoms. The van der Waals surface area contributed by atoms with Crippen LogP contribution in [0.2, 0.25) is 0 Å². The minimum Gasteiger partial charge on any atom is -0.487 e. The number of halogens is 3. The number of pyridine rings is 1. The van der Waals surface area contributed by atoms with Crippen molar-refractivity contribution in [3.63, 3.8) is 0 Å². The van der Waals surface area contributed by atoms with E-state index in [9.17, 15) is 23.5 Å². The van der Waals surface area contributed by atoms with Crippen LogP contribution in [0.5, 0.6) is 5.75 Å². The first-order valence-electron chi connectivity index (χ1n) is 10.1. The highest BCUT2D eigenvalue weighted by Crippen LogP contribution is 2.25. The van der Waals surface area contributed by atoms with Crippen LogP contribution < -0.4 is 15.6 Å². The van der Waals surface area contributed by atoms with Crippen molar-refractivity contribution in [3.8, 4) is 11.4 Å². The number of hydrogen-bond donors (Lipinski definition) is 2. The van der Waals surface area contributed by atoms with E-state index in [4.69, 9.17) is 4.74 Å². The molecule has 0 bridgehead atoms. The Kier molecular flexibility index (Phi) is 7.34. The summed E-state index contributed by atoms with van der Waals surface area (Å²) in [7, 11) is 0. The molecular formula is C24H23BrF2N2O4. The van der Waals surface area contributed by atoms with Crippen LogP contribution in [0.15, 0.2) is 57.8 Å². The lowest BCUT2D eigenvalue weighted by molar-refractivity contribution is -0.136. The lowest BCUT2D eigenvalue weighted by Gasteiger charge is -2.17. The molecule has 0 aliphatic heterocycles. The van der Waals surface area contributed by atoms with Gasteiger partial charge in [-0.05, 0) is 66.5 Å². The number of carbonyl (C=O) groups is 1. The number of nitrogens with one attached hydrogen (secondary N) is 1. The summed E-state index contributed by atoms with van der Waals surface area (Å²) in [6, 6.07) is 11.9. The number of benzene rings is 2. The SMILES string of the molecule is Cc1cc(OCc2ccc(F)cc2F)c(Br)c(=O)n1-c1ccc(CNC(=O)C(C)(C)O)cc1. The number of ether oxygens (including phenoxy) is 1. The summed E-state index contributed by atoms with van der Waals surface area (Å²) in [5.74, 6) is -1.65. The number of hydrogen-bond acceptors (Lipinski definition) is 4. The zero-order valence-electron chi connectivity index (χ0n) is 18.3. The molecule has 174 valence electrons. The molecule has 3 aromatic rings. The van der Waals surface area contributed by atoms with E-state index in [-0.39, 0.29) is 34.5 Å². The van der Waals surface area contributed by atoms with E-state index in [0.717, 1.165) is 17.7 Å². The van der Waals surface area contributed by atoms with Gasteiger partial charge in [0.15, 0.2) is 0 Å². The molecule has 2 N–H and O–H groups in total. The molecule has 0 aliphatic rings. The van der Waals surface area contributed by atoms with Crippen molar-refractivity contribution in [2.75, 3.05) is 0 Å². The summed E-state index contributed by atoms with van der Waals surface area (Å²) in [6.07, 6.45) is 0. The number of rotatable bonds is 7. The molecular weight excluding hydrogens is 498 g/mol. The van der Waals surface area contributed by atoms with Gasteiger partial charge in [0, 0.05) is 35.6 Å². The van der Waals surface area contributed by atoms with E-state index in [0.29, 0.717) is 11.4 Å². The minimum atomic E-state index is -1.47. The van der Waals surface area contributed by atoms with Crippen LogP contribution in [0.3, 0.4) is 0 Å². The molecule has 1 amide bonds. The standard InChI is InChI=1S/C24H23BrF2N2O4/c1-14-10-20(33-13-16-6-7-17(26)11-19(16)27)21(25)22(30)29(14)18-8-4-15(5-9-18)12-28-23(31)24(2,3)32/h4-11,32H,12-13H2,1-3H3,(H,28,31). The summed E-state index contributed by atoms with van der Waals surface area (Å²) >= 11 is 3.26. The van der Waals surface area contributed by atoms with Gasteiger partial charge >= 0.3 is 0 Å². The van der Waals surface area contributed by atoms with Gasteiger partial charge in [-0.25, -0.2) is 8.78 Å². The summed E-state index contributed by atoms with van der Waals surface area (Å²) in [5, 5.41) is 12.3. The molecule has 2 aromatic carbocycles. The molecule has 0 radical (unpaired) electrons. The highest BCUT2D eigenvalue weighted by atomic mass is 79.9. The topological polar surface area (TPSA) is 80.6 Å². The number of amides is 1. The average molecular weight is 521 g/mol. The van der Waals surface area contributed by atoms with Crippen LogP contribution in [0.25, 0.3) is 5.69 Å². The van der Waals surface area contributed by atoms with Gasteiger partial charge in [-0.1, -0.05) is 12.1 Å². The number of carbonyl (C=O) groups excluding carboxylic acids is 1. The second-order valence-electron chi connectivity index (χ2n) is 8.04. The number of aryl methyl sites for hydroxylation is 1. The van der Waals surface area contributed by atoms with Crippen molar-refractivity contribution in [2.45, 2.75) is 39.5 Å². The van der Waals surface area contributed by atoms with Crippen molar-refractivity contribution in [1.29, 1.82) is 0 Å². The summed E-state index contributed by atoms with van der Waals surface area (Å²) in [4.78, 5) is 24.8. The maximum absolute atomic E-state index is 13.9. The molecule has 0 spiro atoms. The van der Waals surface area contributed by atoms with Crippen molar-refractivity contribution >= 4 is 21.8 Å². The molecule has 3 rings (SSSR count). The van der Waals surface area contributed by atoms with Crippen LogP contribution in [-0.4, -0.2) is 21.2 Å². The van der Waals surface area contributed by atoms with E-state index in [2.05, 4.69) is 21.2 Å². The quantitative estimate of drug-likeness (QED) is 0.490. The average Bonchev–Trinajstić information content (AvgIpc) is 2.75. The Morgan fingerprint density at radius 2 is 1.82 bits per heavy atom. The number of aliphatic hydroxyl groups is 1. The van der Waals surface area contributed by atoms with Gasteiger partial charge in [-0.2, -0.15) is 0 Å². The Labute approximate surface area is 198 Å². The first-order chi connectivity index (χ1) is 15.5. The highest BCUT2D eigenvalue weighted by molar-refractivity contribution is 9.10. The van der Waals surface area contributed by atoms with Gasteiger partial charge in [0.05, 0.1) is 0 Å². The van der Waals surface area contributed by atoms with Crippen LogP contribution in [-0.2, 0) is 17.9 Å². The predicted octanol–water partition coefficient (Wildman–Crippen LogP) is 4.15. The Hall–Kier alpha value is -3.04. The maximum atomic E-state index is 13.9. The predicted molar refractivity (Wildman–Crippen MR) is 123 cm³/mol. The minimum absolute atomic E-state index is 0.164. The molecule has 0 saturated heterocycles. The molecule has 0 unspecified atom stereocenters. The number of nitrogens with zero attached hydrogens (tertiary/aromatic N) is 1. The summed E-state index contributed by atoms with van der Waals surface area (Å²) in [5.41, 5.74) is 0.309. The first kappa shape index (κ1) is 24.6. The smallest absolute Gasteiger partial charge is 0.273 e. The highest BCUT2D eigenvalue weighted by Gasteiger charge is 2.23. The Bertz CT molecular complexity index is 1230. The zero-order chi connectivity index (χ0) is 24.3. The maximum Gasteiger partial charge on any atom is 0.273 e. The van der Waals surface area contributed by atoms with Crippen molar-refractivity contribution in [2.24, 2.45) is 0 Å². The third kappa shape index (κ3) is 5.85. The molecule has 0 fully saturated rings. The van der Waals surface area contributed by atoms with E-state index in [1.807, 2.05) is 0 Å². The summed E-state index contributed by atoms with van der Waals surface area (Å²) in [6.45, 7) is 4.60. The normalized spacial score (nSPS) is 11.4. The van der Waals surface area contributed by atoms with Crippen LogP contribution in [0.4, 0.5) is 8.78 Å². The monoisotopic (exact) mass is 520 g/mol. The van der Waals surface area contributed by atoms with E-state index < -0.39 is 23.1 Å². The third-order valence-electron chi connectivity index (χ3n) is 4.90. The third-order valence-corrected chi connectivity index (χ3v) is 5.63. The Balaban J connectivity index is 1.78. The second kappa shape index (κ2) is 9.84. The van der Waals surface area contributed by atoms with E-state index in [1.54, 1.807) is 37.3 Å². The fraction of sp³-hybridized carbons (Fsp3) is 0.250. The van der Waals surface area contributed by atoms with Gasteiger partial charge in [0.1, 0.15) is 34.1 Å². The molecule has 0 atom stereocenters. The molecule has 1 aromatic heterocycles. The van der Waals surface area contributed by atoms with Gasteiger partial charge < -0.3 is 15.2 Å². The first-order valence-corrected chi connectivity index (χ1v) is 10.9. The van der Waals surface area contributed by atoms with Crippen molar-refractivity contribution in [1.82, 2.24) is 9.88 Å². The lowest BCUT2D eigenvalue weighted by Crippen LogP contribution is -2.41. The largest absolute Gasteiger partial charge is 0.487 e. The summed E-state index contributed by atoms with van der Waals surface area (Å²) < 4.78 is 34.2. The van der Waals surface area contributed by atoms with Gasteiger partial charge in [0.2, 0.25) is 0 Å². The van der Waals surface area contributed by atoms with Gasteiger partial charge in [-0.15, -0.1) is 0 Å². The fourth-order valence-electron chi connectivity index (χ4n) is 3.06. The van der Waals surface area contributed by atoms with Crippen molar-refractivity contribution in [3.05, 3.63) is 91.8 Å². The molecule has 9 heteroatoms. The molecule has 1 heterocycles. The van der Waals surface area contributed by atoms with Gasteiger partial charge in [-0.3, -0.25) is 14.2 Å². The zero-order valence-corrected chi connectivity index (χ0v) is 19.9. The Morgan fingerprint density at radius 3 is 2.42 bits per heavy atom. The molecule has 0 saturated carbocycles. The molecule has 6 nitrogen and oxygen atoms in total. The second-order valence-corrected chi connectivity index (χ2v) is 8.83. The van der Waals surface area contributed by atoms with Crippen molar-refractivity contribution < 1.29 is 23.4 Å². The van der Waals surface area contributed by atoms with Gasteiger partial charge in [0.25, 0.3) is 11.5 Å². The Morgan fingerprint density at radius 1 is 1.15 bits per heavy atom.